The van der Waals surface area contributed by atoms with Crippen LogP contribution in [0.2, 0.25) is 0 Å². The molecule has 1 saturated heterocycles. The highest BCUT2D eigenvalue weighted by atomic mass is 19.1. The number of carbonyl (C=O) groups excluding carboxylic acids is 1. The predicted molar refractivity (Wildman–Crippen MR) is 86.6 cm³/mol. The van der Waals surface area contributed by atoms with E-state index >= 15 is 0 Å². The monoisotopic (exact) mass is 345 g/mol. The van der Waals surface area contributed by atoms with Gasteiger partial charge in [0, 0.05) is 24.7 Å². The summed E-state index contributed by atoms with van der Waals surface area (Å²) in [6, 6.07) is 8.18. The normalized spacial score (nSPS) is 19.1. The first-order chi connectivity index (χ1) is 12.1. The van der Waals surface area contributed by atoms with Crippen molar-refractivity contribution in [3.63, 3.8) is 0 Å². The standard InChI is InChI=1S/C19H17F2NO3/c20-13-5-6-14(15(21)11-13)19-24-16-7-4-12(10-17(16)25-19)18(23)22-8-2-1-3-9-22/h4-7,10-11,19H,1-3,8-9H2. The molecule has 6 heteroatoms. The summed E-state index contributed by atoms with van der Waals surface area (Å²) in [5.41, 5.74) is 0.631. The molecule has 1 atom stereocenters. The molecule has 0 N–H and O–H groups in total. The van der Waals surface area contributed by atoms with Gasteiger partial charge in [0.25, 0.3) is 12.2 Å². The summed E-state index contributed by atoms with van der Waals surface area (Å²) in [6.07, 6.45) is 2.19. The van der Waals surface area contributed by atoms with Crippen LogP contribution < -0.4 is 9.47 Å². The Bertz CT molecular complexity index is 818. The first-order valence-electron chi connectivity index (χ1n) is 8.33. The van der Waals surface area contributed by atoms with Crippen LogP contribution in [0.15, 0.2) is 36.4 Å². The average Bonchev–Trinajstić information content (AvgIpc) is 3.04. The van der Waals surface area contributed by atoms with Crippen molar-refractivity contribution in [2.24, 2.45) is 0 Å². The lowest BCUT2D eigenvalue weighted by atomic mass is 10.1. The largest absolute Gasteiger partial charge is 0.447 e. The smallest absolute Gasteiger partial charge is 0.270 e. The number of carbonyl (C=O) groups is 1. The van der Waals surface area contributed by atoms with Gasteiger partial charge < -0.3 is 14.4 Å². The first kappa shape index (κ1) is 15.9. The molecule has 4 rings (SSSR count). The highest BCUT2D eigenvalue weighted by molar-refractivity contribution is 5.95. The molecule has 4 nitrogen and oxygen atoms in total. The van der Waals surface area contributed by atoms with Crippen molar-refractivity contribution >= 4 is 5.91 Å². The number of hydrogen-bond donors (Lipinski definition) is 0. The number of halogens is 2. The fourth-order valence-corrected chi connectivity index (χ4v) is 3.18. The highest BCUT2D eigenvalue weighted by Gasteiger charge is 2.30. The van der Waals surface area contributed by atoms with E-state index < -0.39 is 17.9 Å². The van der Waals surface area contributed by atoms with Crippen molar-refractivity contribution in [3.8, 4) is 11.5 Å². The predicted octanol–water partition coefficient (Wildman–Crippen LogP) is 4.06. The van der Waals surface area contributed by atoms with Gasteiger partial charge >= 0.3 is 0 Å². The molecule has 2 aliphatic rings. The third-order valence-electron chi connectivity index (χ3n) is 4.52. The quantitative estimate of drug-likeness (QED) is 0.824. The zero-order chi connectivity index (χ0) is 17.4. The second-order valence-corrected chi connectivity index (χ2v) is 6.25. The van der Waals surface area contributed by atoms with E-state index in [-0.39, 0.29) is 11.5 Å². The lowest BCUT2D eigenvalue weighted by molar-refractivity contribution is 0.0452. The van der Waals surface area contributed by atoms with Crippen molar-refractivity contribution in [1.82, 2.24) is 4.90 Å². The molecular formula is C19H17F2NO3. The topological polar surface area (TPSA) is 38.8 Å². The lowest BCUT2D eigenvalue weighted by Gasteiger charge is -2.26. The van der Waals surface area contributed by atoms with Crippen LogP contribution in [-0.4, -0.2) is 23.9 Å². The van der Waals surface area contributed by atoms with Gasteiger partial charge in [-0.2, -0.15) is 0 Å². The summed E-state index contributed by atoms with van der Waals surface area (Å²) in [7, 11) is 0. The molecule has 0 bridgehead atoms. The molecule has 0 radical (unpaired) electrons. The van der Waals surface area contributed by atoms with Gasteiger partial charge in [0.05, 0.1) is 5.56 Å². The number of amides is 1. The Morgan fingerprint density at radius 1 is 0.960 bits per heavy atom. The molecule has 1 fully saturated rings. The fraction of sp³-hybridized carbons (Fsp3) is 0.316. The summed E-state index contributed by atoms with van der Waals surface area (Å²) in [6.45, 7) is 1.52. The zero-order valence-corrected chi connectivity index (χ0v) is 13.5. The van der Waals surface area contributed by atoms with Gasteiger partial charge in [-0.3, -0.25) is 4.79 Å². The van der Waals surface area contributed by atoms with Gasteiger partial charge in [-0.15, -0.1) is 0 Å². The second kappa shape index (κ2) is 6.35. The van der Waals surface area contributed by atoms with Crippen molar-refractivity contribution in [2.75, 3.05) is 13.1 Å². The SMILES string of the molecule is O=C(c1ccc2c(c1)OC(c1ccc(F)cc1F)O2)N1CCCCC1. The summed E-state index contributed by atoms with van der Waals surface area (Å²) in [5.74, 6) is -0.614. The molecule has 2 aromatic carbocycles. The summed E-state index contributed by atoms with van der Waals surface area (Å²) >= 11 is 0. The minimum absolute atomic E-state index is 0.0393. The van der Waals surface area contributed by atoms with E-state index in [0.717, 1.165) is 44.5 Å². The molecule has 0 saturated carbocycles. The maximum absolute atomic E-state index is 13.9. The van der Waals surface area contributed by atoms with Crippen LogP contribution in [0.5, 0.6) is 11.5 Å². The van der Waals surface area contributed by atoms with E-state index in [1.165, 1.54) is 6.07 Å². The Labute approximate surface area is 144 Å². The molecule has 2 heterocycles. The number of benzene rings is 2. The summed E-state index contributed by atoms with van der Waals surface area (Å²) in [5, 5.41) is 0. The van der Waals surface area contributed by atoms with Crippen molar-refractivity contribution in [3.05, 3.63) is 59.2 Å². The van der Waals surface area contributed by atoms with Crippen LogP contribution >= 0.6 is 0 Å². The zero-order valence-electron chi connectivity index (χ0n) is 13.5. The van der Waals surface area contributed by atoms with Crippen LogP contribution in [0.25, 0.3) is 0 Å². The van der Waals surface area contributed by atoms with Crippen LogP contribution in [0.1, 0.15) is 41.5 Å². The van der Waals surface area contributed by atoms with Crippen molar-refractivity contribution < 1.29 is 23.0 Å². The molecular weight excluding hydrogens is 328 g/mol. The molecule has 0 aliphatic carbocycles. The lowest BCUT2D eigenvalue weighted by Crippen LogP contribution is -2.35. The van der Waals surface area contributed by atoms with E-state index in [9.17, 15) is 13.6 Å². The summed E-state index contributed by atoms with van der Waals surface area (Å²) in [4.78, 5) is 14.4. The minimum Gasteiger partial charge on any atom is -0.447 e. The highest BCUT2D eigenvalue weighted by Crippen LogP contribution is 2.41. The van der Waals surface area contributed by atoms with Gasteiger partial charge in [0.15, 0.2) is 11.5 Å². The number of fused-ring (bicyclic) bond motifs is 1. The number of nitrogens with zero attached hydrogens (tertiary/aromatic N) is 1. The van der Waals surface area contributed by atoms with E-state index in [0.29, 0.717) is 17.1 Å². The van der Waals surface area contributed by atoms with Crippen LogP contribution in [0.3, 0.4) is 0 Å². The van der Waals surface area contributed by atoms with Gasteiger partial charge in [-0.25, -0.2) is 8.78 Å². The van der Waals surface area contributed by atoms with Crippen molar-refractivity contribution in [1.29, 1.82) is 0 Å². The van der Waals surface area contributed by atoms with Crippen molar-refractivity contribution in [2.45, 2.75) is 25.6 Å². The fourth-order valence-electron chi connectivity index (χ4n) is 3.18. The van der Waals surface area contributed by atoms with Crippen LogP contribution in [-0.2, 0) is 0 Å². The maximum Gasteiger partial charge on any atom is 0.270 e. The number of likely N-dealkylation sites (tertiary alicyclic amines) is 1. The number of rotatable bonds is 2. The third-order valence-corrected chi connectivity index (χ3v) is 4.52. The first-order valence-corrected chi connectivity index (χ1v) is 8.33. The van der Waals surface area contributed by atoms with Gasteiger partial charge in [0.1, 0.15) is 11.6 Å². The summed E-state index contributed by atoms with van der Waals surface area (Å²) < 4.78 is 38.2. The Hall–Kier alpha value is -2.63. The Kier molecular flexibility index (Phi) is 4.03. The van der Waals surface area contributed by atoms with E-state index in [4.69, 9.17) is 9.47 Å². The average molecular weight is 345 g/mol. The molecule has 1 amide bonds. The number of ether oxygens (including phenoxy) is 2. The van der Waals surface area contributed by atoms with Gasteiger partial charge in [-0.05, 0) is 49.6 Å². The third kappa shape index (κ3) is 3.04. The molecule has 0 aromatic heterocycles. The van der Waals surface area contributed by atoms with Crippen LogP contribution in [0.4, 0.5) is 8.78 Å². The van der Waals surface area contributed by atoms with E-state index in [1.807, 2.05) is 4.90 Å². The van der Waals surface area contributed by atoms with Gasteiger partial charge in [-0.1, -0.05) is 0 Å². The Morgan fingerprint density at radius 2 is 1.72 bits per heavy atom. The molecule has 130 valence electrons. The number of hydrogen-bond acceptors (Lipinski definition) is 3. The number of piperidine rings is 1. The molecule has 25 heavy (non-hydrogen) atoms. The molecule has 2 aliphatic heterocycles. The second-order valence-electron chi connectivity index (χ2n) is 6.25. The maximum atomic E-state index is 13.9. The van der Waals surface area contributed by atoms with Gasteiger partial charge in [0.2, 0.25) is 0 Å². The molecule has 1 unspecified atom stereocenters. The van der Waals surface area contributed by atoms with E-state index in [1.54, 1.807) is 18.2 Å². The molecule has 0 spiro atoms. The Balaban J connectivity index is 1.55. The van der Waals surface area contributed by atoms with Crippen LogP contribution in [0, 0.1) is 11.6 Å². The minimum atomic E-state index is -0.990. The molecule has 2 aromatic rings. The Morgan fingerprint density at radius 3 is 2.48 bits per heavy atom. The van der Waals surface area contributed by atoms with E-state index in [2.05, 4.69) is 0 Å².